The molecular weight excluding hydrogens is 279 g/mol. The first-order valence-electron chi connectivity index (χ1n) is 6.50. The van der Waals surface area contributed by atoms with Crippen LogP contribution in [0.25, 0.3) is 0 Å². The van der Waals surface area contributed by atoms with Crippen LogP contribution in [-0.2, 0) is 10.0 Å². The van der Waals surface area contributed by atoms with Crippen LogP contribution in [0.5, 0.6) is 0 Å². The van der Waals surface area contributed by atoms with E-state index in [0.29, 0.717) is 12.1 Å². The minimum absolute atomic E-state index is 0.000607. The smallest absolute Gasteiger partial charge is 0.240 e. The molecule has 3 N–H and O–H groups in total. The van der Waals surface area contributed by atoms with E-state index in [0.717, 1.165) is 12.1 Å². The summed E-state index contributed by atoms with van der Waals surface area (Å²) in [4.78, 5) is 0.0255. The third-order valence-electron chi connectivity index (χ3n) is 3.64. The fourth-order valence-electron chi connectivity index (χ4n) is 1.58. The Morgan fingerprint density at radius 1 is 1.35 bits per heavy atom. The predicted molar refractivity (Wildman–Crippen MR) is 79.4 cm³/mol. The van der Waals surface area contributed by atoms with E-state index in [4.69, 9.17) is 5.73 Å². The highest BCUT2D eigenvalue weighted by Gasteiger charge is 2.24. The normalized spacial score (nSPS) is 14.3. The van der Waals surface area contributed by atoms with Gasteiger partial charge in [0.05, 0.1) is 10.6 Å². The second-order valence-electron chi connectivity index (χ2n) is 6.26. The number of aryl methyl sites for hydroxylation is 1. The number of nitrogens with one attached hydrogen (secondary N) is 1. The van der Waals surface area contributed by atoms with Gasteiger partial charge in [-0.3, -0.25) is 0 Å². The van der Waals surface area contributed by atoms with Crippen molar-refractivity contribution in [2.45, 2.75) is 39.5 Å². The van der Waals surface area contributed by atoms with Gasteiger partial charge in [0.2, 0.25) is 10.0 Å². The van der Waals surface area contributed by atoms with Gasteiger partial charge in [-0.1, -0.05) is 27.7 Å². The monoisotopic (exact) mass is 302 g/mol. The third-order valence-corrected chi connectivity index (χ3v) is 5.21. The average molecular weight is 302 g/mol. The summed E-state index contributed by atoms with van der Waals surface area (Å²) in [6.45, 7) is 9.99. The molecule has 0 spiro atoms. The van der Waals surface area contributed by atoms with Gasteiger partial charge >= 0.3 is 0 Å². The molecule has 6 heteroatoms. The second kappa shape index (κ2) is 5.69. The lowest BCUT2D eigenvalue weighted by molar-refractivity contribution is 0.263. The summed E-state index contributed by atoms with van der Waals surface area (Å²) < 4.78 is 40.4. The molecule has 0 amide bonds. The van der Waals surface area contributed by atoms with Crippen molar-refractivity contribution in [3.05, 3.63) is 23.5 Å². The Morgan fingerprint density at radius 2 is 1.90 bits per heavy atom. The summed E-state index contributed by atoms with van der Waals surface area (Å²) in [5.74, 6) is -0.445. The van der Waals surface area contributed by atoms with Crippen LogP contribution in [0.2, 0.25) is 0 Å². The molecule has 0 aliphatic heterocycles. The van der Waals surface area contributed by atoms with Crippen LogP contribution >= 0.6 is 0 Å². The van der Waals surface area contributed by atoms with Gasteiger partial charge in [-0.25, -0.2) is 17.5 Å². The van der Waals surface area contributed by atoms with Gasteiger partial charge in [-0.2, -0.15) is 0 Å². The van der Waals surface area contributed by atoms with E-state index >= 15 is 0 Å². The number of nitrogen functional groups attached to an aromatic ring is 1. The van der Waals surface area contributed by atoms with E-state index in [2.05, 4.69) is 4.72 Å². The standard InChI is InChI=1S/C14H23FN2O2S/c1-9-6-11(15)12(16)7-13(9)20(18,19)17-8-10(2)14(3,4)5/h6-7,10,17H,8,16H2,1-5H3. The number of sulfonamides is 1. The molecule has 0 fully saturated rings. The minimum atomic E-state index is -3.68. The Bertz CT molecular complexity index is 592. The molecule has 0 radical (unpaired) electrons. The maximum absolute atomic E-state index is 13.3. The Kier molecular flexibility index (Phi) is 4.82. The first kappa shape index (κ1) is 16.9. The molecule has 114 valence electrons. The van der Waals surface area contributed by atoms with Gasteiger partial charge in [-0.15, -0.1) is 0 Å². The van der Waals surface area contributed by atoms with Crippen molar-refractivity contribution in [3.63, 3.8) is 0 Å². The average Bonchev–Trinajstić information content (AvgIpc) is 2.29. The molecule has 0 aliphatic carbocycles. The Hall–Kier alpha value is -1.14. The van der Waals surface area contributed by atoms with Gasteiger partial charge in [0.1, 0.15) is 5.82 Å². The molecule has 1 aromatic rings. The minimum Gasteiger partial charge on any atom is -0.396 e. The molecule has 20 heavy (non-hydrogen) atoms. The van der Waals surface area contributed by atoms with Crippen LogP contribution in [0.3, 0.4) is 0 Å². The predicted octanol–water partition coefficient (Wildman–Crippen LogP) is 2.68. The van der Waals surface area contributed by atoms with Gasteiger partial charge in [-0.05, 0) is 36.0 Å². The van der Waals surface area contributed by atoms with E-state index in [1.165, 1.54) is 0 Å². The summed E-state index contributed by atoms with van der Waals surface area (Å²) in [6, 6.07) is 2.30. The van der Waals surface area contributed by atoms with Crippen molar-refractivity contribution in [2.75, 3.05) is 12.3 Å². The van der Waals surface area contributed by atoms with E-state index in [1.807, 2.05) is 27.7 Å². The highest BCUT2D eigenvalue weighted by Crippen LogP contribution is 2.26. The lowest BCUT2D eigenvalue weighted by Gasteiger charge is -2.27. The van der Waals surface area contributed by atoms with Crippen LogP contribution in [0.4, 0.5) is 10.1 Å². The molecule has 0 bridgehead atoms. The highest BCUT2D eigenvalue weighted by molar-refractivity contribution is 7.89. The fourth-order valence-corrected chi connectivity index (χ4v) is 2.97. The van der Waals surface area contributed by atoms with E-state index < -0.39 is 15.8 Å². The van der Waals surface area contributed by atoms with Crippen LogP contribution in [0.15, 0.2) is 17.0 Å². The molecule has 0 aromatic heterocycles. The van der Waals surface area contributed by atoms with Crippen molar-refractivity contribution in [1.82, 2.24) is 4.72 Å². The third kappa shape index (κ3) is 3.93. The van der Waals surface area contributed by atoms with Crippen molar-refractivity contribution in [1.29, 1.82) is 0 Å². The molecule has 1 atom stereocenters. The van der Waals surface area contributed by atoms with Crippen LogP contribution in [0, 0.1) is 24.1 Å². The van der Waals surface area contributed by atoms with E-state index in [-0.39, 0.29) is 21.9 Å². The highest BCUT2D eigenvalue weighted by atomic mass is 32.2. The Labute approximate surface area is 120 Å². The topological polar surface area (TPSA) is 72.2 Å². The maximum atomic E-state index is 13.3. The number of hydrogen-bond acceptors (Lipinski definition) is 3. The number of benzene rings is 1. The fraction of sp³-hybridized carbons (Fsp3) is 0.571. The maximum Gasteiger partial charge on any atom is 0.240 e. The molecular formula is C14H23FN2O2S. The van der Waals surface area contributed by atoms with Crippen molar-refractivity contribution in [2.24, 2.45) is 11.3 Å². The van der Waals surface area contributed by atoms with Gasteiger partial charge in [0.25, 0.3) is 0 Å². The molecule has 0 saturated carbocycles. The largest absolute Gasteiger partial charge is 0.396 e. The van der Waals surface area contributed by atoms with E-state index in [1.54, 1.807) is 6.92 Å². The van der Waals surface area contributed by atoms with Gasteiger partial charge < -0.3 is 5.73 Å². The van der Waals surface area contributed by atoms with Gasteiger partial charge in [0.15, 0.2) is 0 Å². The van der Waals surface area contributed by atoms with E-state index in [9.17, 15) is 12.8 Å². The summed E-state index contributed by atoms with van der Waals surface area (Å²) >= 11 is 0. The lowest BCUT2D eigenvalue weighted by Crippen LogP contribution is -2.34. The van der Waals surface area contributed by atoms with Crippen LogP contribution < -0.4 is 10.5 Å². The number of hydrogen-bond donors (Lipinski definition) is 2. The first-order chi connectivity index (χ1) is 8.95. The first-order valence-corrected chi connectivity index (χ1v) is 7.98. The zero-order valence-corrected chi connectivity index (χ0v) is 13.4. The molecule has 0 saturated heterocycles. The zero-order valence-electron chi connectivity index (χ0n) is 12.6. The second-order valence-corrected chi connectivity index (χ2v) is 7.99. The number of anilines is 1. The molecule has 1 aromatic carbocycles. The van der Waals surface area contributed by atoms with Gasteiger partial charge in [0, 0.05) is 6.54 Å². The van der Waals surface area contributed by atoms with Crippen molar-refractivity contribution >= 4 is 15.7 Å². The Balaban J connectivity index is 2.98. The zero-order chi connectivity index (χ0) is 15.7. The van der Waals surface area contributed by atoms with Crippen molar-refractivity contribution < 1.29 is 12.8 Å². The Morgan fingerprint density at radius 3 is 2.40 bits per heavy atom. The summed E-state index contributed by atoms with van der Waals surface area (Å²) in [5.41, 5.74) is 5.62. The number of nitrogens with two attached hydrogens (primary N) is 1. The van der Waals surface area contributed by atoms with Crippen LogP contribution in [-0.4, -0.2) is 15.0 Å². The summed E-state index contributed by atoms with van der Waals surface area (Å²) in [7, 11) is -3.68. The lowest BCUT2D eigenvalue weighted by atomic mass is 9.82. The summed E-state index contributed by atoms with van der Waals surface area (Å²) in [5, 5.41) is 0. The molecule has 1 unspecified atom stereocenters. The number of halogens is 1. The SMILES string of the molecule is Cc1cc(F)c(N)cc1S(=O)(=O)NCC(C)C(C)(C)C. The quantitative estimate of drug-likeness (QED) is 0.840. The molecule has 4 nitrogen and oxygen atoms in total. The molecule has 0 aliphatic rings. The van der Waals surface area contributed by atoms with Crippen LogP contribution in [0.1, 0.15) is 33.3 Å². The molecule has 1 rings (SSSR count). The number of rotatable bonds is 4. The summed E-state index contributed by atoms with van der Waals surface area (Å²) in [6.07, 6.45) is 0. The molecule has 0 heterocycles. The van der Waals surface area contributed by atoms with Crippen molar-refractivity contribution in [3.8, 4) is 0 Å².